The Hall–Kier alpha value is 1.90. The van der Waals surface area contributed by atoms with Crippen LogP contribution in [0, 0.1) is 45.8 Å². The van der Waals surface area contributed by atoms with Crippen LogP contribution in [0.5, 0.6) is 0 Å². The van der Waals surface area contributed by atoms with Gasteiger partial charge in [-0.15, -0.1) is 0 Å². The van der Waals surface area contributed by atoms with E-state index in [0.29, 0.717) is 0 Å². The van der Waals surface area contributed by atoms with Gasteiger partial charge in [0, 0.05) is 0 Å². The summed E-state index contributed by atoms with van der Waals surface area (Å²) in [6.45, 7) is 0. The SMILES string of the molecule is F[Xe]O[Te](F)(F)(F)(F)F. The minimum atomic E-state index is -10.6. The van der Waals surface area contributed by atoms with E-state index in [9.17, 15) is 14.5 Å². The van der Waals surface area contributed by atoms with E-state index in [1.165, 1.54) is 0 Å². The van der Waals surface area contributed by atoms with Crippen LogP contribution in [0.3, 0.4) is 0 Å². The molecule has 0 N–H and O–H groups in total. The van der Waals surface area contributed by atoms with E-state index in [2.05, 4.69) is 0 Å². The van der Waals surface area contributed by atoms with Crippen molar-refractivity contribution in [1.82, 2.24) is 0 Å². The molecule has 0 aromatic carbocycles. The molecular formula is F6OTeXe. The summed E-state index contributed by atoms with van der Waals surface area (Å²) in [6.07, 6.45) is 0. The van der Waals surface area contributed by atoms with E-state index < -0.39 is 64.5 Å². The average Bonchev–Trinajstić information content (AvgIpc) is 1.22. The van der Waals surface area contributed by atoms with Crippen LogP contribution in [0.4, 0.5) is 14.5 Å². The van der Waals surface area contributed by atoms with Gasteiger partial charge < -0.3 is 0 Å². The molecule has 0 aliphatic rings. The summed E-state index contributed by atoms with van der Waals surface area (Å²) in [5, 5.41) is 0. The summed E-state index contributed by atoms with van der Waals surface area (Å²) >= 11 is -13.8. The van der Waals surface area contributed by atoms with Gasteiger partial charge in [-0.3, -0.25) is 0 Å². The quantitative estimate of drug-likeness (QED) is 0.520. The molecule has 1 nitrogen and oxygen atoms in total. The summed E-state index contributed by atoms with van der Waals surface area (Å²) in [5.74, 6) is 0. The van der Waals surface area contributed by atoms with Crippen LogP contribution in [-0.2, 0) is -1.58 Å². The van der Waals surface area contributed by atoms with Gasteiger partial charge in [0.05, 0.1) is 0 Å². The second kappa shape index (κ2) is 2.20. The van der Waals surface area contributed by atoms with Crippen molar-refractivity contribution in [3.05, 3.63) is 0 Å². The Bertz CT molecular complexity index is 107. The predicted molar refractivity (Wildman–Crippen MR) is 13.5 cm³/mol. The zero-order valence-corrected chi connectivity index (χ0v) is 7.79. The molecular weight excluding hydrogens is 389 g/mol. The molecule has 0 heterocycles. The van der Waals surface area contributed by atoms with E-state index in [0.717, 1.165) is 0 Å². The average molecular weight is 389 g/mol. The van der Waals surface area contributed by atoms with Crippen molar-refractivity contribution in [3.63, 3.8) is 0 Å². The second-order valence-electron chi connectivity index (χ2n) is 1.01. The van der Waals surface area contributed by atoms with Crippen LogP contribution in [0.2, 0.25) is 0 Å². The van der Waals surface area contributed by atoms with Gasteiger partial charge in [0.2, 0.25) is 0 Å². The number of hydrogen-bond acceptors (Lipinski definition) is 1. The Balaban J connectivity index is 4.34. The number of halogens is 6. The molecule has 0 aliphatic carbocycles. The summed E-state index contributed by atoms with van der Waals surface area (Å²) in [4.78, 5) is 0. The molecule has 0 aromatic rings. The van der Waals surface area contributed by atoms with Gasteiger partial charge in [-0.1, -0.05) is 0 Å². The normalized spacial score (nSPS) is 21.1. The fraction of sp³-hybridized carbons (Fsp3) is 0. The predicted octanol–water partition coefficient (Wildman–Crippen LogP) is 2.07. The first kappa shape index (κ1) is 10.9. The number of hydrogen-bond donors (Lipinski definition) is 0. The van der Waals surface area contributed by atoms with Crippen molar-refractivity contribution < 1.29 is 58.7 Å². The third-order valence-electron chi connectivity index (χ3n) is 0.134. The molecule has 0 radical (unpaired) electrons. The van der Waals surface area contributed by atoms with Crippen LogP contribution in [0.25, 0.3) is 0 Å². The van der Waals surface area contributed by atoms with Gasteiger partial charge in [0.25, 0.3) is 0 Å². The molecule has 0 spiro atoms. The van der Waals surface area contributed by atoms with E-state index in [4.69, 9.17) is 0 Å². The van der Waals surface area contributed by atoms with Gasteiger partial charge in [-0.2, -0.15) is 0 Å². The zero-order valence-electron chi connectivity index (χ0n) is 3.44. The van der Waals surface area contributed by atoms with Crippen molar-refractivity contribution in [2.45, 2.75) is 0 Å². The third kappa shape index (κ3) is 9.90. The molecule has 62 valence electrons. The molecule has 9 heavy (non-hydrogen) atoms. The molecule has 0 aromatic heterocycles. The molecule has 0 rings (SSSR count). The number of rotatable bonds is 2. The van der Waals surface area contributed by atoms with Gasteiger partial charge >= 0.3 is 77.4 Å². The van der Waals surface area contributed by atoms with E-state index in [1.54, 1.807) is 0 Å². The summed E-state index contributed by atoms with van der Waals surface area (Å²) < 4.78 is 66.8. The van der Waals surface area contributed by atoms with Crippen molar-refractivity contribution >= 4 is 18.7 Å². The van der Waals surface area contributed by atoms with Crippen LogP contribution < -0.4 is 0 Å². The van der Waals surface area contributed by atoms with Crippen LogP contribution >= 0.6 is 0 Å². The van der Waals surface area contributed by atoms with Crippen LogP contribution in [0.15, 0.2) is 0 Å². The summed E-state index contributed by atoms with van der Waals surface area (Å²) in [7, 11) is 0. The van der Waals surface area contributed by atoms with Crippen molar-refractivity contribution in [2.75, 3.05) is 0 Å². The van der Waals surface area contributed by atoms with E-state index in [-0.39, 0.29) is 0 Å². The van der Waals surface area contributed by atoms with Gasteiger partial charge in [0.1, 0.15) is 0 Å². The second-order valence-corrected chi connectivity index (χ2v) is 9.04. The molecule has 0 bridgehead atoms. The third-order valence-corrected chi connectivity index (χ3v) is 6.01. The van der Waals surface area contributed by atoms with Gasteiger partial charge in [-0.25, -0.2) is 0 Å². The minimum absolute atomic E-state index is 1.88. The van der Waals surface area contributed by atoms with Gasteiger partial charge in [0.15, 0.2) is 0 Å². The summed E-state index contributed by atoms with van der Waals surface area (Å²) in [6, 6.07) is 0. The molecule has 0 aliphatic heterocycles. The standard InChI is InChI=1S/F6OTeXe/c1-8(2,3,4,5)7-9-6. The van der Waals surface area contributed by atoms with Crippen molar-refractivity contribution in [1.29, 1.82) is 0 Å². The fourth-order valence-corrected chi connectivity index (χ4v) is 1.89. The molecule has 0 atom stereocenters. The van der Waals surface area contributed by atoms with E-state index >= 15 is 0 Å². The Kier molecular flexibility index (Phi) is 2.66. The zero-order chi connectivity index (χ0) is 7.82. The maximum atomic E-state index is 10.8. The topological polar surface area (TPSA) is 9.23 Å². The van der Waals surface area contributed by atoms with E-state index in [1.807, 2.05) is -1.58 Å². The Labute approximate surface area is 75.8 Å². The maximum absolute atomic E-state index is 10.8. The molecule has 0 unspecified atom stereocenters. The first-order valence-electron chi connectivity index (χ1n) is 1.22. The Morgan fingerprint density at radius 3 is 1.33 bits per heavy atom. The molecule has 0 saturated carbocycles. The molecule has 0 amide bonds. The van der Waals surface area contributed by atoms with Gasteiger partial charge in [-0.05, 0) is 0 Å². The van der Waals surface area contributed by atoms with Crippen LogP contribution in [-0.4, -0.2) is 18.7 Å². The monoisotopic (exact) mass is 392 g/mol. The summed E-state index contributed by atoms with van der Waals surface area (Å²) in [5.41, 5.74) is 0. The van der Waals surface area contributed by atoms with Crippen LogP contribution in [0.1, 0.15) is 0 Å². The molecule has 0 fully saturated rings. The fourth-order valence-electron chi connectivity index (χ4n) is 0.0421. The van der Waals surface area contributed by atoms with Crippen molar-refractivity contribution in [2.24, 2.45) is 0 Å². The first-order valence-corrected chi connectivity index (χ1v) is 8.16. The molecule has 9 heteroatoms. The van der Waals surface area contributed by atoms with Crippen molar-refractivity contribution in [3.8, 4) is 0 Å². The first-order chi connectivity index (χ1) is 3.54. The Morgan fingerprint density at radius 1 is 1.00 bits per heavy atom. The molecule has 0 saturated heterocycles. The Morgan fingerprint density at radius 2 is 1.33 bits per heavy atom.